The Kier molecular flexibility index (Phi) is 7.51. The Morgan fingerprint density at radius 2 is 1.94 bits per heavy atom. The first-order valence-electron chi connectivity index (χ1n) is 9.81. The van der Waals surface area contributed by atoms with E-state index in [1.54, 1.807) is 11.3 Å². The van der Waals surface area contributed by atoms with Gasteiger partial charge in [-0.3, -0.25) is 9.78 Å². The number of halogens is 3. The van der Waals surface area contributed by atoms with Crippen molar-refractivity contribution in [3.8, 4) is 0 Å². The minimum atomic E-state index is -5.08. The number of ether oxygens (including phenoxy) is 1. The molecule has 2 aromatic rings. The van der Waals surface area contributed by atoms with Crippen molar-refractivity contribution in [2.75, 3.05) is 18.8 Å². The number of carboxylic acid groups (broad SMARTS) is 1. The van der Waals surface area contributed by atoms with Gasteiger partial charge in [0.25, 0.3) is 5.91 Å². The molecule has 2 aliphatic rings. The van der Waals surface area contributed by atoms with Gasteiger partial charge in [0.15, 0.2) is 0 Å². The summed E-state index contributed by atoms with van der Waals surface area (Å²) in [6.07, 6.45) is -3.80. The van der Waals surface area contributed by atoms with Crippen LogP contribution in [0.15, 0.2) is 30.3 Å². The number of thioether (sulfide) groups is 1. The summed E-state index contributed by atoms with van der Waals surface area (Å²) in [6, 6.07) is 9.99. The molecule has 0 bridgehead atoms. The Morgan fingerprint density at radius 3 is 2.50 bits per heavy atom. The van der Waals surface area contributed by atoms with E-state index >= 15 is 0 Å². The van der Waals surface area contributed by atoms with Crippen molar-refractivity contribution < 1.29 is 32.6 Å². The number of aryl methyl sites for hydroxylation is 2. The van der Waals surface area contributed by atoms with E-state index in [4.69, 9.17) is 14.6 Å². The summed E-state index contributed by atoms with van der Waals surface area (Å²) in [4.78, 5) is 29.9. The number of amides is 1. The summed E-state index contributed by atoms with van der Waals surface area (Å²) in [5.74, 6) is -1.57. The van der Waals surface area contributed by atoms with E-state index < -0.39 is 12.1 Å². The molecule has 2 fully saturated rings. The Balaban J connectivity index is 0.000000360. The van der Waals surface area contributed by atoms with Crippen molar-refractivity contribution in [3.05, 3.63) is 51.5 Å². The number of carbonyl (C=O) groups excluding carboxylic acids is 1. The first-order valence-corrected chi connectivity index (χ1v) is 11.6. The quantitative estimate of drug-likeness (QED) is 0.691. The zero-order valence-corrected chi connectivity index (χ0v) is 19.1. The molecule has 1 atom stereocenters. The predicted molar refractivity (Wildman–Crippen MR) is 116 cm³/mol. The molecule has 2 aromatic heterocycles. The average Bonchev–Trinajstić information content (AvgIpc) is 3.31. The van der Waals surface area contributed by atoms with Gasteiger partial charge in [-0.2, -0.15) is 13.2 Å². The molecule has 4 rings (SSSR count). The molecule has 2 saturated heterocycles. The molecule has 0 aliphatic carbocycles. The Bertz CT molecular complexity index is 974. The fraction of sp³-hybridized carbons (Fsp3) is 0.476. The van der Waals surface area contributed by atoms with Crippen LogP contribution in [0.4, 0.5) is 13.2 Å². The largest absolute Gasteiger partial charge is 0.490 e. The fourth-order valence-electron chi connectivity index (χ4n) is 3.51. The molecule has 0 saturated carbocycles. The number of likely N-dealkylation sites (tertiary alicyclic amines) is 1. The van der Waals surface area contributed by atoms with E-state index in [2.05, 4.69) is 4.98 Å². The van der Waals surface area contributed by atoms with Crippen LogP contribution in [0.1, 0.15) is 32.4 Å². The third-order valence-electron chi connectivity index (χ3n) is 5.03. The monoisotopic (exact) mass is 488 g/mol. The van der Waals surface area contributed by atoms with Crippen molar-refractivity contribution >= 4 is 35.0 Å². The maximum atomic E-state index is 12.5. The van der Waals surface area contributed by atoms with E-state index in [0.29, 0.717) is 6.61 Å². The summed E-state index contributed by atoms with van der Waals surface area (Å²) in [7, 11) is 0. The fourth-order valence-corrected chi connectivity index (χ4v) is 5.90. The Hall–Kier alpha value is -2.11. The van der Waals surface area contributed by atoms with Gasteiger partial charge in [-0.15, -0.1) is 23.1 Å². The summed E-state index contributed by atoms with van der Waals surface area (Å²) in [6.45, 7) is 6.29. The molecule has 2 aliphatic heterocycles. The van der Waals surface area contributed by atoms with E-state index in [0.717, 1.165) is 41.5 Å². The molecule has 4 heterocycles. The number of thiophene rings is 1. The smallest absolute Gasteiger partial charge is 0.475 e. The second-order valence-electron chi connectivity index (χ2n) is 7.78. The number of rotatable bonds is 4. The predicted octanol–water partition coefficient (Wildman–Crippen LogP) is 4.31. The first kappa shape index (κ1) is 24.5. The highest BCUT2D eigenvalue weighted by atomic mass is 32.2. The maximum Gasteiger partial charge on any atom is 0.490 e. The molecule has 1 N–H and O–H groups in total. The van der Waals surface area contributed by atoms with Gasteiger partial charge >= 0.3 is 12.1 Å². The number of hydrogen-bond acceptors (Lipinski definition) is 6. The van der Waals surface area contributed by atoms with Crippen molar-refractivity contribution in [3.63, 3.8) is 0 Å². The topological polar surface area (TPSA) is 79.7 Å². The number of pyridine rings is 1. The molecule has 0 radical (unpaired) electrons. The van der Waals surface area contributed by atoms with Crippen LogP contribution in [0.2, 0.25) is 0 Å². The number of carbonyl (C=O) groups is 2. The van der Waals surface area contributed by atoms with Crippen molar-refractivity contribution in [2.24, 2.45) is 0 Å². The molecular formula is C21H23F3N2O4S2. The van der Waals surface area contributed by atoms with Crippen molar-refractivity contribution in [2.45, 2.75) is 43.9 Å². The SMILES string of the molecule is Cc1cccc(COC2CSC3(C2)CN(C(=O)c2ccc(C)s2)C3)n1.O=C(O)C(F)(F)F. The van der Waals surface area contributed by atoms with Crippen LogP contribution in [0.5, 0.6) is 0 Å². The van der Waals surface area contributed by atoms with E-state index in [9.17, 15) is 18.0 Å². The minimum absolute atomic E-state index is 0.178. The molecule has 11 heteroatoms. The molecule has 174 valence electrons. The van der Waals surface area contributed by atoms with Gasteiger partial charge in [-0.1, -0.05) is 6.07 Å². The number of hydrogen-bond donors (Lipinski definition) is 1. The Morgan fingerprint density at radius 1 is 1.25 bits per heavy atom. The standard InChI is InChI=1S/C19H22N2O2S2.C2HF3O2/c1-13-4-3-5-15(20-13)9-23-16-8-19(24-10-16)11-21(12-19)18(22)17-7-6-14(2)25-17;3-2(4,5)1(6)7/h3-7,16H,8-12H2,1-2H3;(H,6,7). The zero-order chi connectivity index (χ0) is 23.5. The number of aromatic nitrogens is 1. The van der Waals surface area contributed by atoms with Crippen LogP contribution in [-0.4, -0.2) is 62.7 Å². The highest BCUT2D eigenvalue weighted by molar-refractivity contribution is 8.01. The molecule has 1 spiro atoms. The number of carboxylic acids is 1. The minimum Gasteiger partial charge on any atom is -0.475 e. The summed E-state index contributed by atoms with van der Waals surface area (Å²) in [5.41, 5.74) is 2.01. The van der Waals surface area contributed by atoms with E-state index in [-0.39, 0.29) is 16.8 Å². The van der Waals surface area contributed by atoms with Gasteiger partial charge in [0, 0.05) is 29.4 Å². The lowest BCUT2D eigenvalue weighted by Gasteiger charge is -2.47. The molecular weight excluding hydrogens is 465 g/mol. The lowest BCUT2D eigenvalue weighted by Crippen LogP contribution is -2.60. The van der Waals surface area contributed by atoms with E-state index in [1.165, 1.54) is 4.88 Å². The van der Waals surface area contributed by atoms with Crippen LogP contribution in [0.25, 0.3) is 0 Å². The Labute approximate surface area is 191 Å². The normalized spacial score (nSPS) is 19.3. The second-order valence-corrected chi connectivity index (χ2v) is 10.6. The van der Waals surface area contributed by atoms with E-state index in [1.807, 2.05) is 60.8 Å². The highest BCUT2D eigenvalue weighted by Gasteiger charge is 2.51. The molecule has 6 nitrogen and oxygen atoms in total. The summed E-state index contributed by atoms with van der Waals surface area (Å²) < 4.78 is 38.0. The van der Waals surface area contributed by atoms with Crippen LogP contribution in [-0.2, 0) is 16.1 Å². The third kappa shape index (κ3) is 6.23. The molecule has 1 unspecified atom stereocenters. The average molecular weight is 489 g/mol. The lowest BCUT2D eigenvalue weighted by atomic mass is 9.92. The maximum absolute atomic E-state index is 12.5. The number of aliphatic carboxylic acids is 1. The molecule has 0 aromatic carbocycles. The summed E-state index contributed by atoms with van der Waals surface area (Å²) >= 11 is 3.55. The lowest BCUT2D eigenvalue weighted by molar-refractivity contribution is -0.192. The van der Waals surface area contributed by atoms with Crippen LogP contribution < -0.4 is 0 Å². The van der Waals surface area contributed by atoms with Crippen molar-refractivity contribution in [1.82, 2.24) is 9.88 Å². The van der Waals surface area contributed by atoms with Crippen molar-refractivity contribution in [1.29, 1.82) is 0 Å². The van der Waals surface area contributed by atoms with Crippen LogP contribution in [0.3, 0.4) is 0 Å². The van der Waals surface area contributed by atoms with Crippen LogP contribution >= 0.6 is 23.1 Å². The van der Waals surface area contributed by atoms with Gasteiger partial charge in [-0.25, -0.2) is 4.79 Å². The third-order valence-corrected chi connectivity index (χ3v) is 7.59. The van der Waals surface area contributed by atoms with Gasteiger partial charge in [-0.05, 0) is 44.5 Å². The first-order chi connectivity index (χ1) is 15.0. The van der Waals surface area contributed by atoms with Gasteiger partial charge in [0.2, 0.25) is 0 Å². The van der Waals surface area contributed by atoms with Crippen LogP contribution in [0, 0.1) is 13.8 Å². The number of alkyl halides is 3. The highest BCUT2D eigenvalue weighted by Crippen LogP contribution is 2.46. The zero-order valence-electron chi connectivity index (χ0n) is 17.5. The second kappa shape index (κ2) is 9.80. The van der Waals surface area contributed by atoms with Gasteiger partial charge < -0.3 is 14.7 Å². The molecule has 1 amide bonds. The van der Waals surface area contributed by atoms with Gasteiger partial charge in [0.1, 0.15) is 0 Å². The van der Waals surface area contributed by atoms with Gasteiger partial charge in [0.05, 0.1) is 28.0 Å². The molecule has 32 heavy (non-hydrogen) atoms. The number of nitrogens with zero attached hydrogens (tertiary/aromatic N) is 2. The summed E-state index contributed by atoms with van der Waals surface area (Å²) in [5, 5.41) is 7.12.